The van der Waals surface area contributed by atoms with E-state index in [0.717, 1.165) is 30.4 Å². The Morgan fingerprint density at radius 3 is 2.62 bits per heavy atom. The molecule has 1 aromatic carbocycles. The molecule has 3 nitrogen and oxygen atoms in total. The van der Waals surface area contributed by atoms with Crippen molar-refractivity contribution < 1.29 is 4.74 Å². The number of hydrogen-bond acceptors (Lipinski definition) is 3. The fraction of sp³-hybridized carbons (Fsp3) is 0.611. The summed E-state index contributed by atoms with van der Waals surface area (Å²) in [7, 11) is 2.21. The zero-order valence-corrected chi connectivity index (χ0v) is 13.2. The summed E-state index contributed by atoms with van der Waals surface area (Å²) < 4.78 is 5.81. The van der Waals surface area contributed by atoms with E-state index in [-0.39, 0.29) is 0 Å². The molecule has 0 N–H and O–H groups in total. The monoisotopic (exact) mass is 286 g/mol. The molecule has 1 aliphatic rings. The van der Waals surface area contributed by atoms with Gasteiger partial charge in [-0.15, -0.1) is 0 Å². The fourth-order valence-corrected chi connectivity index (χ4v) is 3.22. The van der Waals surface area contributed by atoms with Crippen molar-refractivity contribution >= 4 is 0 Å². The fourth-order valence-electron chi connectivity index (χ4n) is 3.22. The number of rotatable bonds is 6. The van der Waals surface area contributed by atoms with Gasteiger partial charge in [-0.2, -0.15) is 5.26 Å². The van der Waals surface area contributed by atoms with E-state index in [4.69, 9.17) is 10.00 Å². The van der Waals surface area contributed by atoms with Gasteiger partial charge in [0.2, 0.25) is 0 Å². The maximum Gasteiger partial charge on any atom is 0.119 e. The molecule has 0 bridgehead atoms. The maximum absolute atomic E-state index is 8.65. The lowest BCUT2D eigenvalue weighted by Crippen LogP contribution is -2.40. The summed E-state index contributed by atoms with van der Waals surface area (Å²) >= 11 is 0. The van der Waals surface area contributed by atoms with Gasteiger partial charge in [0.1, 0.15) is 12.4 Å². The Kier molecular flexibility index (Phi) is 6.07. The molecule has 0 saturated heterocycles. The van der Waals surface area contributed by atoms with E-state index in [2.05, 4.69) is 24.9 Å². The largest absolute Gasteiger partial charge is 0.492 e. The lowest BCUT2D eigenvalue weighted by molar-refractivity contribution is 0.120. The Labute approximate surface area is 128 Å². The van der Waals surface area contributed by atoms with Crippen LogP contribution in [0, 0.1) is 17.2 Å². The molecule has 1 aromatic rings. The SMILES string of the molecule is CC1CCCCC1N(C)CCOc1ccc(CC#N)cc1. The number of nitrogens with zero attached hydrogens (tertiary/aromatic N) is 2. The molecule has 21 heavy (non-hydrogen) atoms. The highest BCUT2D eigenvalue weighted by Gasteiger charge is 2.24. The molecule has 0 spiro atoms. The zero-order valence-electron chi connectivity index (χ0n) is 13.2. The van der Waals surface area contributed by atoms with Gasteiger partial charge in [0.05, 0.1) is 12.5 Å². The van der Waals surface area contributed by atoms with Gasteiger partial charge in [-0.05, 0) is 43.5 Å². The normalized spacial score (nSPS) is 22.0. The number of nitriles is 1. The van der Waals surface area contributed by atoms with Crippen molar-refractivity contribution in [3.8, 4) is 11.8 Å². The van der Waals surface area contributed by atoms with Gasteiger partial charge in [-0.25, -0.2) is 0 Å². The third-order valence-corrected chi connectivity index (χ3v) is 4.55. The summed E-state index contributed by atoms with van der Waals surface area (Å²) in [5, 5.41) is 8.65. The molecule has 0 radical (unpaired) electrons. The molecule has 0 aliphatic heterocycles. The van der Waals surface area contributed by atoms with Crippen LogP contribution in [0.3, 0.4) is 0 Å². The number of ether oxygens (including phenoxy) is 1. The van der Waals surface area contributed by atoms with Crippen LogP contribution in [0.2, 0.25) is 0 Å². The lowest BCUT2D eigenvalue weighted by atomic mass is 9.85. The second-order valence-electron chi connectivity index (χ2n) is 6.14. The van der Waals surface area contributed by atoms with Crippen LogP contribution in [-0.2, 0) is 6.42 Å². The van der Waals surface area contributed by atoms with E-state index in [9.17, 15) is 0 Å². The van der Waals surface area contributed by atoms with Crippen LogP contribution < -0.4 is 4.74 Å². The average molecular weight is 286 g/mol. The molecule has 1 saturated carbocycles. The van der Waals surface area contributed by atoms with Gasteiger partial charge in [0, 0.05) is 12.6 Å². The third kappa shape index (κ3) is 4.75. The summed E-state index contributed by atoms with van der Waals surface area (Å²) in [5.41, 5.74) is 1.04. The van der Waals surface area contributed by atoms with Crippen LogP contribution >= 0.6 is 0 Å². The highest BCUT2D eigenvalue weighted by atomic mass is 16.5. The summed E-state index contributed by atoms with van der Waals surface area (Å²) in [6, 6.07) is 10.7. The Hall–Kier alpha value is -1.53. The van der Waals surface area contributed by atoms with E-state index in [0.29, 0.717) is 12.5 Å². The first-order chi connectivity index (χ1) is 10.2. The van der Waals surface area contributed by atoms with Gasteiger partial charge >= 0.3 is 0 Å². The third-order valence-electron chi connectivity index (χ3n) is 4.55. The highest BCUT2D eigenvalue weighted by molar-refractivity contribution is 5.28. The molecule has 2 unspecified atom stereocenters. The van der Waals surface area contributed by atoms with Crippen LogP contribution in [-0.4, -0.2) is 31.1 Å². The molecule has 0 heterocycles. The summed E-state index contributed by atoms with van der Waals surface area (Å²) in [6.45, 7) is 4.06. The number of hydrogen-bond donors (Lipinski definition) is 0. The summed E-state index contributed by atoms with van der Waals surface area (Å²) in [4.78, 5) is 2.45. The van der Waals surface area contributed by atoms with E-state index in [1.54, 1.807) is 0 Å². The Balaban J connectivity index is 1.74. The molecule has 0 amide bonds. The molecule has 3 heteroatoms. The maximum atomic E-state index is 8.65. The molecule has 2 atom stereocenters. The Morgan fingerprint density at radius 2 is 1.95 bits per heavy atom. The van der Waals surface area contributed by atoms with E-state index >= 15 is 0 Å². The van der Waals surface area contributed by atoms with E-state index < -0.39 is 0 Å². The van der Waals surface area contributed by atoms with Crippen molar-refractivity contribution in [2.75, 3.05) is 20.2 Å². The minimum atomic E-state index is 0.461. The quantitative estimate of drug-likeness (QED) is 0.801. The van der Waals surface area contributed by atoms with E-state index in [1.807, 2.05) is 24.3 Å². The van der Waals surface area contributed by atoms with Crippen molar-refractivity contribution in [3.63, 3.8) is 0 Å². The summed E-state index contributed by atoms with van der Waals surface area (Å²) in [6.07, 6.45) is 5.89. The van der Waals surface area contributed by atoms with Gasteiger partial charge < -0.3 is 4.74 Å². The zero-order chi connectivity index (χ0) is 15.1. The molecule has 1 fully saturated rings. The minimum absolute atomic E-state index is 0.461. The smallest absolute Gasteiger partial charge is 0.119 e. The first-order valence-electron chi connectivity index (χ1n) is 7.99. The Bertz CT molecular complexity index is 463. The molecule has 2 rings (SSSR count). The van der Waals surface area contributed by atoms with Crippen LogP contribution in [0.15, 0.2) is 24.3 Å². The first kappa shape index (κ1) is 15.9. The standard InChI is InChI=1S/C18H26N2O/c1-15-5-3-4-6-18(15)20(2)13-14-21-17-9-7-16(8-10-17)11-12-19/h7-10,15,18H,3-6,11,13-14H2,1-2H3. The predicted molar refractivity (Wildman–Crippen MR) is 85.3 cm³/mol. The highest BCUT2D eigenvalue weighted by Crippen LogP contribution is 2.27. The van der Waals surface area contributed by atoms with Crippen molar-refractivity contribution in [1.29, 1.82) is 5.26 Å². The molecule has 114 valence electrons. The van der Waals surface area contributed by atoms with E-state index in [1.165, 1.54) is 25.7 Å². The number of likely N-dealkylation sites (N-methyl/N-ethyl adjacent to an activating group) is 1. The van der Waals surface area contributed by atoms with Crippen molar-refractivity contribution in [1.82, 2.24) is 4.90 Å². The van der Waals surface area contributed by atoms with Gasteiger partial charge in [-0.3, -0.25) is 4.90 Å². The van der Waals surface area contributed by atoms with Crippen LogP contribution in [0.25, 0.3) is 0 Å². The Morgan fingerprint density at radius 1 is 1.24 bits per heavy atom. The second-order valence-corrected chi connectivity index (χ2v) is 6.14. The van der Waals surface area contributed by atoms with Crippen LogP contribution in [0.4, 0.5) is 0 Å². The van der Waals surface area contributed by atoms with Gasteiger partial charge in [-0.1, -0.05) is 31.9 Å². The summed E-state index contributed by atoms with van der Waals surface area (Å²) in [5.74, 6) is 1.69. The number of benzene rings is 1. The minimum Gasteiger partial charge on any atom is -0.492 e. The van der Waals surface area contributed by atoms with Gasteiger partial charge in [0.15, 0.2) is 0 Å². The van der Waals surface area contributed by atoms with Crippen LogP contribution in [0.5, 0.6) is 5.75 Å². The second kappa shape index (κ2) is 8.05. The average Bonchev–Trinajstić information content (AvgIpc) is 2.49. The van der Waals surface area contributed by atoms with Gasteiger partial charge in [0.25, 0.3) is 0 Å². The lowest BCUT2D eigenvalue weighted by Gasteiger charge is -2.36. The van der Waals surface area contributed by atoms with Crippen molar-refractivity contribution in [3.05, 3.63) is 29.8 Å². The molecule has 0 aromatic heterocycles. The first-order valence-corrected chi connectivity index (χ1v) is 7.99. The van der Waals surface area contributed by atoms with Crippen LogP contribution in [0.1, 0.15) is 38.2 Å². The molecule has 1 aliphatic carbocycles. The molecular weight excluding hydrogens is 260 g/mol. The van der Waals surface area contributed by atoms with Crippen molar-refractivity contribution in [2.45, 2.75) is 45.1 Å². The molecular formula is C18H26N2O. The topological polar surface area (TPSA) is 36.3 Å². The predicted octanol–water partition coefficient (Wildman–Crippen LogP) is 3.64. The van der Waals surface area contributed by atoms with Crippen molar-refractivity contribution in [2.24, 2.45) is 5.92 Å².